The first-order valence-electron chi connectivity index (χ1n) is 6.69. The van der Waals surface area contributed by atoms with Gasteiger partial charge in [0.25, 0.3) is 0 Å². The number of fused-ring (bicyclic) bond motifs is 1. The number of nitrogens with zero attached hydrogens (tertiary/aromatic N) is 4. The molecule has 17 heavy (non-hydrogen) atoms. The van der Waals surface area contributed by atoms with Gasteiger partial charge in [0.15, 0.2) is 0 Å². The Morgan fingerprint density at radius 3 is 2.94 bits per heavy atom. The zero-order valence-electron chi connectivity index (χ0n) is 10.3. The smallest absolute Gasteiger partial charge is 0.147 e. The minimum absolute atomic E-state index is 0.544. The van der Waals surface area contributed by atoms with Crippen LogP contribution in [0.2, 0.25) is 0 Å². The third kappa shape index (κ3) is 2.09. The third-order valence-electron chi connectivity index (χ3n) is 4.32. The average molecular weight is 235 g/mol. The van der Waals surface area contributed by atoms with E-state index in [2.05, 4.69) is 19.7 Å². The second kappa shape index (κ2) is 4.74. The molecule has 0 aromatic carbocycles. The molecule has 1 fully saturated rings. The normalized spacial score (nSPS) is 23.8. The Bertz CT molecular complexity index is 369. The molecule has 3 rings (SSSR count). The van der Waals surface area contributed by atoms with Crippen LogP contribution in [-0.2, 0) is 13.1 Å². The van der Waals surface area contributed by atoms with E-state index in [1.54, 1.807) is 0 Å². The molecule has 0 saturated heterocycles. The standard InChI is InChI=1S/C12H21N5/c13-7-11(10-3-1-2-4-10)16-5-6-17-9-14-15-12(17)8-16/h9-11H,1-8,13H2. The van der Waals surface area contributed by atoms with Crippen molar-refractivity contribution in [3.8, 4) is 0 Å². The topological polar surface area (TPSA) is 60.0 Å². The molecule has 2 heterocycles. The van der Waals surface area contributed by atoms with Crippen LogP contribution in [0.15, 0.2) is 6.33 Å². The Morgan fingerprint density at radius 2 is 2.18 bits per heavy atom. The molecule has 94 valence electrons. The summed E-state index contributed by atoms with van der Waals surface area (Å²) < 4.78 is 2.15. The van der Waals surface area contributed by atoms with E-state index >= 15 is 0 Å². The Kier molecular flexibility index (Phi) is 3.11. The maximum atomic E-state index is 5.99. The molecule has 1 aliphatic heterocycles. The van der Waals surface area contributed by atoms with Crippen LogP contribution in [0.4, 0.5) is 0 Å². The zero-order valence-corrected chi connectivity index (χ0v) is 10.3. The summed E-state index contributed by atoms with van der Waals surface area (Å²) in [6.45, 7) is 3.78. The summed E-state index contributed by atoms with van der Waals surface area (Å²) in [5.74, 6) is 1.89. The van der Waals surface area contributed by atoms with E-state index in [-0.39, 0.29) is 0 Å². The molecule has 2 aliphatic rings. The predicted octanol–water partition coefficient (Wildman–Crippen LogP) is 0.611. The fourth-order valence-electron chi connectivity index (χ4n) is 3.35. The van der Waals surface area contributed by atoms with Gasteiger partial charge < -0.3 is 10.3 Å². The van der Waals surface area contributed by atoms with Gasteiger partial charge in [-0.05, 0) is 18.8 Å². The summed E-state index contributed by atoms with van der Waals surface area (Å²) in [4.78, 5) is 2.51. The van der Waals surface area contributed by atoms with E-state index < -0.39 is 0 Å². The number of hydrogen-bond donors (Lipinski definition) is 1. The highest BCUT2D eigenvalue weighted by molar-refractivity contribution is 4.94. The molecule has 1 unspecified atom stereocenters. The van der Waals surface area contributed by atoms with E-state index in [0.29, 0.717) is 6.04 Å². The van der Waals surface area contributed by atoms with Crippen LogP contribution in [0.25, 0.3) is 0 Å². The maximum absolute atomic E-state index is 5.99. The fourth-order valence-corrected chi connectivity index (χ4v) is 3.35. The molecule has 0 amide bonds. The summed E-state index contributed by atoms with van der Waals surface area (Å²) in [5, 5.41) is 8.16. The maximum Gasteiger partial charge on any atom is 0.147 e. The van der Waals surface area contributed by atoms with Crippen molar-refractivity contribution in [1.29, 1.82) is 0 Å². The van der Waals surface area contributed by atoms with Gasteiger partial charge in [-0.15, -0.1) is 10.2 Å². The van der Waals surface area contributed by atoms with E-state index in [9.17, 15) is 0 Å². The molecule has 0 spiro atoms. The van der Waals surface area contributed by atoms with Gasteiger partial charge in [-0.1, -0.05) is 12.8 Å². The Labute approximate surface area is 102 Å². The Morgan fingerprint density at radius 1 is 1.35 bits per heavy atom. The van der Waals surface area contributed by atoms with Crippen LogP contribution in [0.1, 0.15) is 31.5 Å². The predicted molar refractivity (Wildman–Crippen MR) is 65.2 cm³/mol. The molecule has 1 saturated carbocycles. The van der Waals surface area contributed by atoms with Gasteiger partial charge in [0.2, 0.25) is 0 Å². The number of aromatic nitrogens is 3. The lowest BCUT2D eigenvalue weighted by atomic mass is 9.96. The number of hydrogen-bond acceptors (Lipinski definition) is 4. The molecule has 0 bridgehead atoms. The number of rotatable bonds is 3. The first kappa shape index (κ1) is 11.2. The van der Waals surface area contributed by atoms with Crippen molar-refractivity contribution in [2.24, 2.45) is 11.7 Å². The van der Waals surface area contributed by atoms with E-state index in [0.717, 1.165) is 37.9 Å². The average Bonchev–Trinajstić information content (AvgIpc) is 2.99. The van der Waals surface area contributed by atoms with Crippen molar-refractivity contribution in [2.45, 2.75) is 44.8 Å². The van der Waals surface area contributed by atoms with Crippen molar-refractivity contribution in [3.63, 3.8) is 0 Å². The number of nitrogens with two attached hydrogens (primary N) is 1. The summed E-state index contributed by atoms with van der Waals surface area (Å²) >= 11 is 0. The van der Waals surface area contributed by atoms with Crippen LogP contribution in [0.5, 0.6) is 0 Å². The van der Waals surface area contributed by atoms with Crippen molar-refractivity contribution in [2.75, 3.05) is 13.1 Å². The SMILES string of the molecule is NCC(C1CCCC1)N1CCn2cnnc2C1. The zero-order chi connectivity index (χ0) is 11.7. The first-order valence-corrected chi connectivity index (χ1v) is 6.69. The van der Waals surface area contributed by atoms with Gasteiger partial charge in [0.05, 0.1) is 6.54 Å². The molecule has 5 heteroatoms. The van der Waals surface area contributed by atoms with Gasteiger partial charge in [0, 0.05) is 25.7 Å². The minimum atomic E-state index is 0.544. The summed E-state index contributed by atoms with van der Waals surface area (Å²) in [5.41, 5.74) is 5.99. The van der Waals surface area contributed by atoms with Gasteiger partial charge in [-0.3, -0.25) is 4.90 Å². The monoisotopic (exact) mass is 235 g/mol. The second-order valence-electron chi connectivity index (χ2n) is 5.26. The Balaban J connectivity index is 1.71. The van der Waals surface area contributed by atoms with Crippen molar-refractivity contribution < 1.29 is 0 Å². The highest BCUT2D eigenvalue weighted by atomic mass is 15.3. The summed E-state index contributed by atoms with van der Waals surface area (Å²) in [6.07, 6.45) is 7.30. The molecule has 1 aliphatic carbocycles. The highest BCUT2D eigenvalue weighted by Crippen LogP contribution is 2.31. The van der Waals surface area contributed by atoms with Gasteiger partial charge in [-0.2, -0.15) is 0 Å². The molecule has 1 aromatic heterocycles. The fraction of sp³-hybridized carbons (Fsp3) is 0.833. The van der Waals surface area contributed by atoms with Crippen LogP contribution >= 0.6 is 0 Å². The first-order chi connectivity index (χ1) is 8.38. The lowest BCUT2D eigenvalue weighted by Gasteiger charge is -2.37. The van der Waals surface area contributed by atoms with Crippen LogP contribution in [0, 0.1) is 5.92 Å². The van der Waals surface area contributed by atoms with Crippen LogP contribution in [0.3, 0.4) is 0 Å². The van der Waals surface area contributed by atoms with Crippen molar-refractivity contribution in [1.82, 2.24) is 19.7 Å². The van der Waals surface area contributed by atoms with Crippen molar-refractivity contribution >= 4 is 0 Å². The third-order valence-corrected chi connectivity index (χ3v) is 4.32. The largest absolute Gasteiger partial charge is 0.329 e. The lowest BCUT2D eigenvalue weighted by Crippen LogP contribution is -2.48. The molecule has 0 radical (unpaired) electrons. The quantitative estimate of drug-likeness (QED) is 0.834. The molecule has 5 nitrogen and oxygen atoms in total. The summed E-state index contributed by atoms with van der Waals surface area (Å²) in [6, 6.07) is 0.544. The lowest BCUT2D eigenvalue weighted by molar-refractivity contribution is 0.113. The van der Waals surface area contributed by atoms with Crippen molar-refractivity contribution in [3.05, 3.63) is 12.2 Å². The molecular weight excluding hydrogens is 214 g/mol. The minimum Gasteiger partial charge on any atom is -0.329 e. The molecule has 1 atom stereocenters. The molecular formula is C12H21N5. The van der Waals surface area contributed by atoms with E-state index in [4.69, 9.17) is 5.73 Å². The van der Waals surface area contributed by atoms with E-state index in [1.165, 1.54) is 25.7 Å². The molecule has 2 N–H and O–H groups in total. The van der Waals surface area contributed by atoms with Gasteiger partial charge in [0.1, 0.15) is 12.2 Å². The second-order valence-corrected chi connectivity index (χ2v) is 5.26. The Hall–Kier alpha value is -0.940. The van der Waals surface area contributed by atoms with Gasteiger partial charge in [-0.25, -0.2) is 0 Å². The van der Waals surface area contributed by atoms with E-state index in [1.807, 2.05) is 6.33 Å². The molecule has 1 aromatic rings. The summed E-state index contributed by atoms with van der Waals surface area (Å²) in [7, 11) is 0. The highest BCUT2D eigenvalue weighted by Gasteiger charge is 2.31. The van der Waals surface area contributed by atoms with Gasteiger partial charge >= 0.3 is 0 Å². The van der Waals surface area contributed by atoms with Crippen LogP contribution in [-0.4, -0.2) is 38.8 Å². The van der Waals surface area contributed by atoms with Crippen LogP contribution < -0.4 is 5.73 Å².